The molecule has 0 bridgehead atoms. The number of likely N-dealkylation sites (tertiary alicyclic amines) is 1. The van der Waals surface area contributed by atoms with Crippen LogP contribution < -0.4 is 14.8 Å². The number of hydrogen-bond acceptors (Lipinski definition) is 6. The smallest absolute Gasteiger partial charge is 0.319 e. The van der Waals surface area contributed by atoms with Crippen LogP contribution in [0.15, 0.2) is 12.3 Å². The number of hydrogen-bond donors (Lipinski definition) is 1. The van der Waals surface area contributed by atoms with Crippen molar-refractivity contribution in [3.05, 3.63) is 12.3 Å². The molecule has 0 saturated carbocycles. The van der Waals surface area contributed by atoms with E-state index in [4.69, 9.17) is 9.47 Å². The van der Waals surface area contributed by atoms with Gasteiger partial charge in [0.05, 0.1) is 13.7 Å². The summed E-state index contributed by atoms with van der Waals surface area (Å²) >= 11 is 0. The summed E-state index contributed by atoms with van der Waals surface area (Å²) in [4.78, 5) is 33.6. The molecule has 2 unspecified atom stereocenters. The Morgan fingerprint density at radius 2 is 2.30 bits per heavy atom. The second kappa shape index (κ2) is 6.80. The number of methoxy groups -OCH3 is 1. The van der Waals surface area contributed by atoms with Crippen molar-refractivity contribution in [2.75, 3.05) is 20.2 Å². The predicted molar refractivity (Wildman–Crippen MR) is 80.0 cm³/mol. The van der Waals surface area contributed by atoms with Crippen molar-refractivity contribution in [2.24, 2.45) is 0 Å². The Bertz CT molecular complexity index is 595. The molecule has 2 aliphatic rings. The molecule has 0 aromatic carbocycles. The van der Waals surface area contributed by atoms with Crippen LogP contribution in [0.2, 0.25) is 0 Å². The first-order valence-electron chi connectivity index (χ1n) is 7.77. The van der Waals surface area contributed by atoms with Crippen molar-refractivity contribution in [1.82, 2.24) is 20.2 Å². The average Bonchev–Trinajstić information content (AvgIpc) is 3.01. The lowest BCUT2D eigenvalue weighted by molar-refractivity contribution is -0.136. The zero-order valence-electron chi connectivity index (χ0n) is 13.0. The van der Waals surface area contributed by atoms with Crippen LogP contribution in [-0.4, -0.2) is 59.0 Å². The average molecular weight is 320 g/mol. The molecule has 0 spiro atoms. The van der Waals surface area contributed by atoms with Crippen molar-refractivity contribution in [2.45, 2.75) is 37.8 Å². The van der Waals surface area contributed by atoms with E-state index in [1.807, 2.05) is 0 Å². The third-order valence-corrected chi connectivity index (χ3v) is 4.06. The maximum absolute atomic E-state index is 12.5. The molecule has 2 fully saturated rings. The molecule has 8 nitrogen and oxygen atoms in total. The fourth-order valence-electron chi connectivity index (χ4n) is 2.91. The first kappa shape index (κ1) is 15.5. The van der Waals surface area contributed by atoms with Crippen LogP contribution in [0, 0.1) is 0 Å². The van der Waals surface area contributed by atoms with Crippen LogP contribution >= 0.6 is 0 Å². The third kappa shape index (κ3) is 3.69. The van der Waals surface area contributed by atoms with E-state index in [0.29, 0.717) is 31.8 Å². The Balaban J connectivity index is 1.59. The van der Waals surface area contributed by atoms with Gasteiger partial charge in [-0.2, -0.15) is 4.98 Å². The highest BCUT2D eigenvalue weighted by atomic mass is 16.5. The molecular weight excluding hydrogens is 300 g/mol. The molecule has 23 heavy (non-hydrogen) atoms. The van der Waals surface area contributed by atoms with Crippen LogP contribution in [0.1, 0.15) is 25.7 Å². The minimum absolute atomic E-state index is 0.0237. The number of rotatable bonds is 4. The zero-order chi connectivity index (χ0) is 16.2. The summed E-state index contributed by atoms with van der Waals surface area (Å²) in [6.45, 7) is 1.19. The van der Waals surface area contributed by atoms with Gasteiger partial charge in [-0.3, -0.25) is 9.59 Å². The van der Waals surface area contributed by atoms with E-state index in [1.165, 1.54) is 7.11 Å². The van der Waals surface area contributed by atoms with Crippen molar-refractivity contribution < 1.29 is 19.1 Å². The summed E-state index contributed by atoms with van der Waals surface area (Å²) in [7, 11) is 1.50. The normalized spacial score (nSPS) is 24.2. The van der Waals surface area contributed by atoms with E-state index in [1.54, 1.807) is 17.2 Å². The Labute approximate surface area is 134 Å². The summed E-state index contributed by atoms with van der Waals surface area (Å²) in [5.41, 5.74) is 0. The molecule has 3 heterocycles. The van der Waals surface area contributed by atoms with E-state index in [0.717, 1.165) is 12.8 Å². The van der Waals surface area contributed by atoms with Crippen molar-refractivity contribution in [1.29, 1.82) is 0 Å². The van der Waals surface area contributed by atoms with E-state index in [-0.39, 0.29) is 30.0 Å². The van der Waals surface area contributed by atoms with E-state index in [9.17, 15) is 9.59 Å². The van der Waals surface area contributed by atoms with Crippen LogP contribution in [0.25, 0.3) is 0 Å². The van der Waals surface area contributed by atoms with Gasteiger partial charge < -0.3 is 19.7 Å². The van der Waals surface area contributed by atoms with Crippen molar-refractivity contribution >= 4 is 11.8 Å². The third-order valence-electron chi connectivity index (χ3n) is 4.06. The molecule has 0 radical (unpaired) electrons. The molecule has 1 N–H and O–H groups in total. The molecular formula is C15H20N4O4. The minimum Gasteiger partial charge on any atom is -0.472 e. The van der Waals surface area contributed by atoms with Gasteiger partial charge in [0.2, 0.25) is 17.7 Å². The molecule has 1 aromatic heterocycles. The summed E-state index contributed by atoms with van der Waals surface area (Å²) in [6, 6.07) is 1.53. The molecule has 2 amide bonds. The molecule has 1 aromatic rings. The quantitative estimate of drug-likeness (QED) is 0.848. The van der Waals surface area contributed by atoms with Gasteiger partial charge >= 0.3 is 6.01 Å². The van der Waals surface area contributed by atoms with E-state index >= 15 is 0 Å². The number of amides is 2. The fourth-order valence-corrected chi connectivity index (χ4v) is 2.91. The largest absolute Gasteiger partial charge is 0.472 e. The van der Waals surface area contributed by atoms with Gasteiger partial charge in [-0.25, -0.2) is 4.98 Å². The van der Waals surface area contributed by atoms with Gasteiger partial charge in [-0.05, 0) is 19.3 Å². The summed E-state index contributed by atoms with van der Waals surface area (Å²) in [6.07, 6.45) is 4.16. The lowest BCUT2D eigenvalue weighted by Gasteiger charge is -2.34. The maximum atomic E-state index is 12.5. The van der Waals surface area contributed by atoms with E-state index in [2.05, 4.69) is 15.3 Å². The number of aromatic nitrogens is 2. The summed E-state index contributed by atoms with van der Waals surface area (Å²) < 4.78 is 10.8. The topological polar surface area (TPSA) is 93.7 Å². The Kier molecular flexibility index (Phi) is 4.59. The van der Waals surface area contributed by atoms with Crippen LogP contribution in [-0.2, 0) is 9.59 Å². The van der Waals surface area contributed by atoms with Gasteiger partial charge in [-0.1, -0.05) is 0 Å². The fraction of sp³-hybridized carbons (Fsp3) is 0.600. The molecule has 124 valence electrons. The number of carbonyl (C=O) groups excluding carboxylic acids is 2. The molecule has 0 aliphatic carbocycles. The second-order valence-corrected chi connectivity index (χ2v) is 5.71. The van der Waals surface area contributed by atoms with Crippen LogP contribution in [0.3, 0.4) is 0 Å². The maximum Gasteiger partial charge on any atom is 0.319 e. The monoisotopic (exact) mass is 320 g/mol. The Morgan fingerprint density at radius 3 is 3.04 bits per heavy atom. The highest BCUT2D eigenvalue weighted by Gasteiger charge is 2.33. The number of piperidine rings is 1. The summed E-state index contributed by atoms with van der Waals surface area (Å²) in [5, 5.41) is 2.72. The lowest BCUT2D eigenvalue weighted by Crippen LogP contribution is -2.50. The van der Waals surface area contributed by atoms with E-state index < -0.39 is 0 Å². The predicted octanol–water partition coefficient (Wildman–Crippen LogP) is 0.134. The van der Waals surface area contributed by atoms with Gasteiger partial charge in [0.15, 0.2) is 0 Å². The number of nitrogens with zero attached hydrogens (tertiary/aromatic N) is 3. The van der Waals surface area contributed by atoms with Crippen molar-refractivity contribution in [3.63, 3.8) is 0 Å². The summed E-state index contributed by atoms with van der Waals surface area (Å²) in [5.74, 6) is 0.357. The van der Waals surface area contributed by atoms with Gasteiger partial charge in [-0.15, -0.1) is 0 Å². The van der Waals surface area contributed by atoms with Gasteiger partial charge in [0, 0.05) is 25.2 Å². The first-order chi connectivity index (χ1) is 11.2. The lowest BCUT2D eigenvalue weighted by atomic mass is 10.1. The number of nitrogens with one attached hydrogen (secondary N) is 1. The number of carbonyl (C=O) groups is 2. The minimum atomic E-state index is -0.389. The standard InChI is InChI=1S/C15H20N4O4/c1-22-15-16-7-6-13(18-15)23-10-3-2-8-19(9-10)14(21)11-4-5-12(20)17-11/h6-7,10-11H,2-5,8-9H2,1H3,(H,17,20). The van der Waals surface area contributed by atoms with Crippen molar-refractivity contribution in [3.8, 4) is 11.9 Å². The van der Waals surface area contributed by atoms with Gasteiger partial charge in [0.1, 0.15) is 12.1 Å². The highest BCUT2D eigenvalue weighted by molar-refractivity contribution is 5.90. The molecule has 2 saturated heterocycles. The Morgan fingerprint density at radius 1 is 1.43 bits per heavy atom. The van der Waals surface area contributed by atoms with Crippen LogP contribution in [0.4, 0.5) is 0 Å². The highest BCUT2D eigenvalue weighted by Crippen LogP contribution is 2.20. The molecule has 8 heteroatoms. The Hall–Kier alpha value is -2.38. The molecule has 2 atom stereocenters. The molecule has 3 rings (SSSR count). The second-order valence-electron chi connectivity index (χ2n) is 5.71. The van der Waals surface area contributed by atoms with Gasteiger partial charge in [0.25, 0.3) is 0 Å². The zero-order valence-corrected chi connectivity index (χ0v) is 13.0. The number of ether oxygens (including phenoxy) is 2. The van der Waals surface area contributed by atoms with Crippen LogP contribution in [0.5, 0.6) is 11.9 Å². The molecule has 2 aliphatic heterocycles. The first-order valence-corrected chi connectivity index (χ1v) is 7.77. The SMILES string of the molecule is COc1nccc(OC2CCCN(C(=O)C3CCC(=O)N3)C2)n1.